The Bertz CT molecular complexity index is 191. The molecule has 2 nitrogen and oxygen atoms in total. The fraction of sp³-hybridized carbons (Fsp3) is 1.00. The maximum absolute atomic E-state index is 12.0. The zero-order valence-corrected chi connectivity index (χ0v) is 12.8. The highest BCUT2D eigenvalue weighted by atomic mass is 19.3. The molecule has 0 saturated carbocycles. The third-order valence-electron chi connectivity index (χ3n) is 3.51. The van der Waals surface area contributed by atoms with E-state index in [0.29, 0.717) is 12.6 Å². The van der Waals surface area contributed by atoms with Gasteiger partial charge in [0.05, 0.1) is 0 Å². The second kappa shape index (κ2) is 12.8. The van der Waals surface area contributed by atoms with Crippen LogP contribution in [0.3, 0.4) is 0 Å². The van der Waals surface area contributed by atoms with Gasteiger partial charge in [0.15, 0.2) is 0 Å². The Hall–Kier alpha value is -0.220. The van der Waals surface area contributed by atoms with E-state index in [1.54, 1.807) is 0 Å². The van der Waals surface area contributed by atoms with Crippen LogP contribution < -0.4 is 5.32 Å². The zero-order valence-electron chi connectivity index (χ0n) is 12.8. The Kier molecular flexibility index (Phi) is 12.6. The van der Waals surface area contributed by atoms with Gasteiger partial charge in [0.2, 0.25) is 0 Å². The maximum Gasteiger partial charge on any atom is 0.261 e. The molecule has 1 N–H and O–H groups in total. The van der Waals surface area contributed by atoms with Gasteiger partial charge in [-0.3, -0.25) is 0 Å². The first-order valence-electron chi connectivity index (χ1n) is 7.73. The number of hydrogen-bond donors (Lipinski definition) is 1. The minimum atomic E-state index is -2.36. The topological polar surface area (TPSA) is 21.3 Å². The molecule has 0 heterocycles. The number of rotatable bonds is 13. The van der Waals surface area contributed by atoms with E-state index in [0.717, 1.165) is 25.3 Å². The lowest BCUT2D eigenvalue weighted by Crippen LogP contribution is -2.32. The summed E-state index contributed by atoms with van der Waals surface area (Å²) >= 11 is 0. The molecule has 0 aliphatic rings. The van der Waals surface area contributed by atoms with Crippen LogP contribution in [0, 0.1) is 5.92 Å². The van der Waals surface area contributed by atoms with Crippen molar-refractivity contribution < 1.29 is 13.5 Å². The Morgan fingerprint density at radius 1 is 1.11 bits per heavy atom. The van der Waals surface area contributed by atoms with Gasteiger partial charge >= 0.3 is 0 Å². The van der Waals surface area contributed by atoms with Gasteiger partial charge in [-0.1, -0.05) is 46.5 Å². The van der Waals surface area contributed by atoms with Crippen LogP contribution in [0.25, 0.3) is 0 Å². The van der Waals surface area contributed by atoms with E-state index < -0.39 is 13.0 Å². The van der Waals surface area contributed by atoms with Gasteiger partial charge in [-0.05, 0) is 25.3 Å². The lowest BCUT2D eigenvalue weighted by atomic mass is 9.91. The van der Waals surface area contributed by atoms with Crippen LogP contribution in [-0.2, 0) is 4.74 Å². The first-order valence-corrected chi connectivity index (χ1v) is 7.73. The van der Waals surface area contributed by atoms with Crippen LogP contribution in [0.4, 0.5) is 8.78 Å². The second-order valence-corrected chi connectivity index (χ2v) is 5.16. The molecule has 0 rings (SSSR count). The van der Waals surface area contributed by atoms with Gasteiger partial charge in [-0.2, -0.15) is 0 Å². The summed E-state index contributed by atoms with van der Waals surface area (Å²) in [6.07, 6.45) is 4.57. The molecule has 0 aliphatic carbocycles. The van der Waals surface area contributed by atoms with E-state index in [2.05, 4.69) is 26.1 Å². The SMILES string of the molecule is CCCCC(CC)CC(CCOCC(F)F)NCC. The van der Waals surface area contributed by atoms with Crippen molar-refractivity contribution in [2.24, 2.45) is 5.92 Å². The van der Waals surface area contributed by atoms with Crippen LogP contribution in [0.2, 0.25) is 0 Å². The standard InChI is InChI=1S/C15H31F2NO/c1-4-7-8-13(5-2)11-14(18-6-3)9-10-19-12-15(16)17/h13-15,18H,4-12H2,1-3H3. The molecule has 0 amide bonds. The van der Waals surface area contributed by atoms with Crippen LogP contribution in [0.1, 0.15) is 59.3 Å². The molecule has 0 bridgehead atoms. The summed E-state index contributed by atoms with van der Waals surface area (Å²) in [5.74, 6) is 0.735. The molecule has 116 valence electrons. The van der Waals surface area contributed by atoms with E-state index in [1.165, 1.54) is 25.7 Å². The molecule has 0 saturated heterocycles. The van der Waals surface area contributed by atoms with Gasteiger partial charge < -0.3 is 10.1 Å². The normalized spacial score (nSPS) is 14.8. The molecule has 0 spiro atoms. The number of halogens is 2. The average molecular weight is 279 g/mol. The number of alkyl halides is 2. The number of ether oxygens (including phenoxy) is 1. The van der Waals surface area contributed by atoms with Crippen molar-refractivity contribution in [3.63, 3.8) is 0 Å². The highest BCUT2D eigenvalue weighted by Gasteiger charge is 2.14. The number of unbranched alkanes of at least 4 members (excludes halogenated alkanes) is 1. The minimum Gasteiger partial charge on any atom is -0.375 e. The van der Waals surface area contributed by atoms with Crippen molar-refractivity contribution in [1.82, 2.24) is 5.32 Å². The highest BCUT2D eigenvalue weighted by molar-refractivity contribution is 4.71. The van der Waals surface area contributed by atoms with Crippen molar-refractivity contribution in [1.29, 1.82) is 0 Å². The number of hydrogen-bond acceptors (Lipinski definition) is 2. The third kappa shape index (κ3) is 11.3. The molecule has 19 heavy (non-hydrogen) atoms. The summed E-state index contributed by atoms with van der Waals surface area (Å²) in [5.41, 5.74) is 0. The van der Waals surface area contributed by atoms with Gasteiger partial charge in [-0.25, -0.2) is 8.78 Å². The van der Waals surface area contributed by atoms with E-state index >= 15 is 0 Å². The predicted octanol–water partition coefficient (Wildman–Crippen LogP) is 4.24. The molecule has 0 aromatic heterocycles. The average Bonchev–Trinajstić information content (AvgIpc) is 2.39. The Balaban J connectivity index is 3.93. The summed E-state index contributed by atoms with van der Waals surface area (Å²) in [6.45, 7) is 7.44. The molecule has 0 aromatic carbocycles. The van der Waals surface area contributed by atoms with E-state index in [9.17, 15) is 8.78 Å². The van der Waals surface area contributed by atoms with Crippen molar-refractivity contribution in [3.8, 4) is 0 Å². The summed E-state index contributed by atoms with van der Waals surface area (Å²) in [7, 11) is 0. The Morgan fingerprint density at radius 2 is 1.84 bits per heavy atom. The molecule has 0 fully saturated rings. The maximum atomic E-state index is 12.0. The van der Waals surface area contributed by atoms with Crippen LogP contribution >= 0.6 is 0 Å². The van der Waals surface area contributed by atoms with Gasteiger partial charge in [-0.15, -0.1) is 0 Å². The van der Waals surface area contributed by atoms with Crippen molar-refractivity contribution in [2.45, 2.75) is 71.8 Å². The quantitative estimate of drug-likeness (QED) is 0.509. The highest BCUT2D eigenvalue weighted by Crippen LogP contribution is 2.19. The van der Waals surface area contributed by atoms with Gasteiger partial charge in [0.1, 0.15) is 6.61 Å². The third-order valence-corrected chi connectivity index (χ3v) is 3.51. The summed E-state index contributed by atoms with van der Waals surface area (Å²) < 4.78 is 28.9. The lowest BCUT2D eigenvalue weighted by Gasteiger charge is -2.23. The Labute approximate surface area is 117 Å². The summed E-state index contributed by atoms with van der Waals surface area (Å²) in [4.78, 5) is 0. The van der Waals surface area contributed by atoms with Crippen molar-refractivity contribution in [3.05, 3.63) is 0 Å². The van der Waals surface area contributed by atoms with Crippen LogP contribution in [0.5, 0.6) is 0 Å². The monoisotopic (exact) mass is 279 g/mol. The molecule has 0 aliphatic heterocycles. The summed E-state index contributed by atoms with van der Waals surface area (Å²) in [5, 5.41) is 3.44. The molecular weight excluding hydrogens is 248 g/mol. The first-order chi connectivity index (χ1) is 9.13. The van der Waals surface area contributed by atoms with Crippen LogP contribution in [-0.4, -0.2) is 32.2 Å². The predicted molar refractivity (Wildman–Crippen MR) is 76.8 cm³/mol. The second-order valence-electron chi connectivity index (χ2n) is 5.16. The number of nitrogens with one attached hydrogen (secondary N) is 1. The molecule has 4 heteroatoms. The fourth-order valence-corrected chi connectivity index (χ4v) is 2.37. The van der Waals surface area contributed by atoms with E-state index in [1.807, 2.05) is 0 Å². The molecular formula is C15H31F2NO. The lowest BCUT2D eigenvalue weighted by molar-refractivity contribution is 0.0138. The van der Waals surface area contributed by atoms with E-state index in [-0.39, 0.29) is 0 Å². The van der Waals surface area contributed by atoms with Gasteiger partial charge in [0, 0.05) is 12.6 Å². The molecule has 2 atom stereocenters. The van der Waals surface area contributed by atoms with Crippen molar-refractivity contribution in [2.75, 3.05) is 19.8 Å². The van der Waals surface area contributed by atoms with E-state index in [4.69, 9.17) is 4.74 Å². The van der Waals surface area contributed by atoms with Crippen LogP contribution in [0.15, 0.2) is 0 Å². The largest absolute Gasteiger partial charge is 0.375 e. The molecule has 2 unspecified atom stereocenters. The zero-order chi connectivity index (χ0) is 14.5. The smallest absolute Gasteiger partial charge is 0.261 e. The minimum absolute atomic E-state index is 0.393. The Morgan fingerprint density at radius 3 is 2.37 bits per heavy atom. The molecule has 0 aromatic rings. The fourth-order valence-electron chi connectivity index (χ4n) is 2.37. The van der Waals surface area contributed by atoms with Crippen molar-refractivity contribution >= 4 is 0 Å². The van der Waals surface area contributed by atoms with Gasteiger partial charge in [0.25, 0.3) is 6.43 Å². The first kappa shape index (κ1) is 18.8. The molecule has 0 radical (unpaired) electrons. The summed E-state index contributed by atoms with van der Waals surface area (Å²) in [6, 6.07) is 0.393.